The van der Waals surface area contributed by atoms with E-state index in [1.54, 1.807) is 30.3 Å². The van der Waals surface area contributed by atoms with Crippen molar-refractivity contribution in [3.63, 3.8) is 0 Å². The first-order valence-electron chi connectivity index (χ1n) is 10.9. The standard InChI is InChI=1S/C21H32N4O3S/c26-21(22-20-15-17(23-24-20)14-16-8-3-1-4-9-16)19-12-7-13-25(19)29(27,28)18-10-5-2-6-11-18/h2,5-6,10-11,16-17,19-20,23-24H,1,3-4,7-9,12-15H2,(H,22,26). The quantitative estimate of drug-likeness (QED) is 0.656. The fraction of sp³-hybridized carbons (Fsp3) is 0.667. The molecule has 1 saturated carbocycles. The lowest BCUT2D eigenvalue weighted by atomic mass is 9.84. The van der Waals surface area contributed by atoms with E-state index in [9.17, 15) is 13.2 Å². The van der Waals surface area contributed by atoms with Crippen LogP contribution < -0.4 is 16.2 Å². The largest absolute Gasteiger partial charge is 0.338 e. The number of benzene rings is 1. The maximum atomic E-state index is 13.0. The van der Waals surface area contributed by atoms with Gasteiger partial charge in [-0.1, -0.05) is 50.3 Å². The Labute approximate surface area is 173 Å². The summed E-state index contributed by atoms with van der Waals surface area (Å²) in [5, 5.41) is 3.02. The SMILES string of the molecule is O=C(NC1CC(CC2CCCCC2)NN1)C1CCCN1S(=O)(=O)c1ccccc1. The fourth-order valence-corrected chi connectivity index (χ4v) is 6.66. The van der Waals surface area contributed by atoms with Crippen molar-refractivity contribution in [1.82, 2.24) is 20.5 Å². The van der Waals surface area contributed by atoms with Crippen molar-refractivity contribution in [2.75, 3.05) is 6.54 Å². The van der Waals surface area contributed by atoms with E-state index >= 15 is 0 Å². The van der Waals surface area contributed by atoms with Crippen LogP contribution >= 0.6 is 0 Å². The zero-order valence-electron chi connectivity index (χ0n) is 16.8. The molecule has 1 aromatic carbocycles. The number of nitrogens with one attached hydrogen (secondary N) is 3. The summed E-state index contributed by atoms with van der Waals surface area (Å²) in [7, 11) is -3.66. The molecule has 3 unspecified atom stereocenters. The summed E-state index contributed by atoms with van der Waals surface area (Å²) in [6.07, 6.45) is 9.71. The molecule has 1 aromatic rings. The third-order valence-corrected chi connectivity index (χ3v) is 8.42. The second-order valence-electron chi connectivity index (χ2n) is 8.61. The number of amides is 1. The zero-order chi connectivity index (χ0) is 20.3. The van der Waals surface area contributed by atoms with Gasteiger partial charge in [-0.05, 0) is 43.7 Å². The molecule has 0 aromatic heterocycles. The first-order chi connectivity index (χ1) is 14.0. The Bertz CT molecular complexity index is 795. The summed E-state index contributed by atoms with van der Waals surface area (Å²) in [6, 6.07) is 8.09. The van der Waals surface area contributed by atoms with Gasteiger partial charge in [0.25, 0.3) is 0 Å². The van der Waals surface area contributed by atoms with Crippen molar-refractivity contribution < 1.29 is 13.2 Å². The lowest BCUT2D eigenvalue weighted by Gasteiger charge is -2.25. The molecule has 29 heavy (non-hydrogen) atoms. The molecule has 4 rings (SSSR count). The number of carbonyl (C=O) groups is 1. The summed E-state index contributed by atoms with van der Waals surface area (Å²) in [6.45, 7) is 0.385. The van der Waals surface area contributed by atoms with Crippen molar-refractivity contribution in [3.8, 4) is 0 Å². The van der Waals surface area contributed by atoms with Gasteiger partial charge in [0.15, 0.2) is 0 Å². The van der Waals surface area contributed by atoms with Gasteiger partial charge in [-0.15, -0.1) is 0 Å². The summed E-state index contributed by atoms with van der Waals surface area (Å²) in [5.74, 6) is 0.568. The minimum absolute atomic E-state index is 0.155. The number of hydrazine groups is 1. The van der Waals surface area contributed by atoms with E-state index in [2.05, 4.69) is 16.2 Å². The Morgan fingerprint density at radius 1 is 1.03 bits per heavy atom. The Hall–Kier alpha value is -1.48. The molecule has 7 nitrogen and oxygen atoms in total. The smallest absolute Gasteiger partial charge is 0.243 e. The second-order valence-corrected chi connectivity index (χ2v) is 10.5. The van der Waals surface area contributed by atoms with E-state index < -0.39 is 16.1 Å². The van der Waals surface area contributed by atoms with Crippen LogP contribution in [0.25, 0.3) is 0 Å². The Balaban J connectivity index is 1.33. The molecule has 8 heteroatoms. The number of rotatable bonds is 6. The first-order valence-corrected chi connectivity index (χ1v) is 12.4. The van der Waals surface area contributed by atoms with Crippen molar-refractivity contribution in [2.24, 2.45) is 5.92 Å². The van der Waals surface area contributed by atoms with Gasteiger partial charge < -0.3 is 5.32 Å². The summed E-state index contributed by atoms with van der Waals surface area (Å²) >= 11 is 0. The molecule has 3 N–H and O–H groups in total. The molecule has 0 bridgehead atoms. The Morgan fingerprint density at radius 2 is 1.79 bits per heavy atom. The Morgan fingerprint density at radius 3 is 2.55 bits per heavy atom. The van der Waals surface area contributed by atoms with Gasteiger partial charge >= 0.3 is 0 Å². The van der Waals surface area contributed by atoms with Crippen LogP contribution in [0.2, 0.25) is 0 Å². The molecule has 1 amide bonds. The van der Waals surface area contributed by atoms with Crippen LogP contribution in [-0.4, -0.2) is 43.4 Å². The molecule has 0 spiro atoms. The van der Waals surface area contributed by atoms with Crippen LogP contribution in [0, 0.1) is 5.92 Å². The summed E-state index contributed by atoms with van der Waals surface area (Å²) < 4.78 is 27.3. The van der Waals surface area contributed by atoms with E-state index in [1.165, 1.54) is 36.4 Å². The molecule has 3 aliphatic rings. The number of hydrogen-bond donors (Lipinski definition) is 3. The topological polar surface area (TPSA) is 90.5 Å². The maximum Gasteiger partial charge on any atom is 0.243 e. The van der Waals surface area contributed by atoms with E-state index in [-0.39, 0.29) is 17.0 Å². The number of carbonyl (C=O) groups excluding carboxylic acids is 1. The minimum Gasteiger partial charge on any atom is -0.338 e. The molecule has 2 aliphatic heterocycles. The van der Waals surface area contributed by atoms with Crippen molar-refractivity contribution in [2.45, 2.75) is 80.9 Å². The predicted molar refractivity (Wildman–Crippen MR) is 111 cm³/mol. The molecule has 1 aliphatic carbocycles. The van der Waals surface area contributed by atoms with Crippen LogP contribution in [0.5, 0.6) is 0 Å². The maximum absolute atomic E-state index is 13.0. The average molecular weight is 421 g/mol. The van der Waals surface area contributed by atoms with Gasteiger partial charge in [0.1, 0.15) is 6.04 Å². The molecule has 2 saturated heterocycles. The summed E-state index contributed by atoms with van der Waals surface area (Å²) in [5.41, 5.74) is 6.51. The van der Waals surface area contributed by atoms with E-state index in [4.69, 9.17) is 0 Å². The van der Waals surface area contributed by atoms with Crippen LogP contribution in [-0.2, 0) is 14.8 Å². The van der Waals surface area contributed by atoms with Crippen LogP contribution in [0.3, 0.4) is 0 Å². The lowest BCUT2D eigenvalue weighted by Crippen LogP contribution is -2.52. The molecule has 160 valence electrons. The summed E-state index contributed by atoms with van der Waals surface area (Å²) in [4.78, 5) is 13.1. The van der Waals surface area contributed by atoms with Gasteiger partial charge in [0.2, 0.25) is 15.9 Å². The second kappa shape index (κ2) is 9.12. The normalized spacial score (nSPS) is 29.2. The average Bonchev–Trinajstić information content (AvgIpc) is 3.39. The van der Waals surface area contributed by atoms with Crippen molar-refractivity contribution in [1.29, 1.82) is 0 Å². The molecular formula is C21H32N4O3S. The number of hydrogen-bond acceptors (Lipinski definition) is 5. The third-order valence-electron chi connectivity index (χ3n) is 6.50. The zero-order valence-corrected chi connectivity index (χ0v) is 17.7. The van der Waals surface area contributed by atoms with E-state index in [1.807, 2.05) is 0 Å². The van der Waals surface area contributed by atoms with Crippen molar-refractivity contribution >= 4 is 15.9 Å². The van der Waals surface area contributed by atoms with Crippen LogP contribution in [0.1, 0.15) is 57.8 Å². The van der Waals surface area contributed by atoms with Gasteiger partial charge in [0.05, 0.1) is 11.1 Å². The molecule has 2 heterocycles. The predicted octanol–water partition coefficient (Wildman–Crippen LogP) is 2.12. The molecule has 3 fully saturated rings. The van der Waals surface area contributed by atoms with Crippen molar-refractivity contribution in [3.05, 3.63) is 30.3 Å². The van der Waals surface area contributed by atoms with Crippen LogP contribution in [0.4, 0.5) is 0 Å². The van der Waals surface area contributed by atoms with Gasteiger partial charge in [-0.3, -0.25) is 10.2 Å². The number of nitrogens with zero attached hydrogens (tertiary/aromatic N) is 1. The van der Waals surface area contributed by atoms with Crippen LogP contribution in [0.15, 0.2) is 35.2 Å². The number of sulfonamides is 1. The highest BCUT2D eigenvalue weighted by molar-refractivity contribution is 7.89. The highest BCUT2D eigenvalue weighted by Crippen LogP contribution is 2.29. The lowest BCUT2D eigenvalue weighted by molar-refractivity contribution is -0.125. The minimum atomic E-state index is -3.66. The first kappa shape index (κ1) is 20.8. The fourth-order valence-electron chi connectivity index (χ4n) is 4.98. The Kier molecular flexibility index (Phi) is 6.53. The monoisotopic (exact) mass is 420 g/mol. The van der Waals surface area contributed by atoms with Gasteiger partial charge in [-0.2, -0.15) is 4.31 Å². The molecule has 3 atom stereocenters. The molecule has 0 radical (unpaired) electrons. The van der Waals surface area contributed by atoms with E-state index in [0.29, 0.717) is 25.4 Å². The highest BCUT2D eigenvalue weighted by Gasteiger charge is 2.40. The van der Waals surface area contributed by atoms with Gasteiger partial charge in [0, 0.05) is 12.6 Å². The third kappa shape index (κ3) is 4.82. The van der Waals surface area contributed by atoms with E-state index in [0.717, 1.165) is 18.8 Å². The highest BCUT2D eigenvalue weighted by atomic mass is 32.2. The van der Waals surface area contributed by atoms with Gasteiger partial charge in [-0.25, -0.2) is 13.8 Å². The molecular weight excluding hydrogens is 388 g/mol.